The summed E-state index contributed by atoms with van der Waals surface area (Å²) >= 11 is 0. The lowest BCUT2D eigenvalue weighted by molar-refractivity contribution is 0.454. The molecule has 25 heavy (non-hydrogen) atoms. The van der Waals surface area contributed by atoms with Gasteiger partial charge in [-0.25, -0.2) is 15.0 Å². The summed E-state index contributed by atoms with van der Waals surface area (Å²) in [5, 5.41) is 6.96. The molecule has 2 aliphatic heterocycles. The van der Waals surface area contributed by atoms with Crippen molar-refractivity contribution >= 4 is 17.3 Å². The van der Waals surface area contributed by atoms with E-state index in [9.17, 15) is 0 Å². The van der Waals surface area contributed by atoms with Crippen LogP contribution in [0.25, 0.3) is 0 Å². The molecule has 0 amide bonds. The lowest BCUT2D eigenvalue weighted by atomic mass is 9.94. The summed E-state index contributed by atoms with van der Waals surface area (Å²) < 4.78 is 0. The van der Waals surface area contributed by atoms with E-state index in [0.29, 0.717) is 5.92 Å². The largest absolute Gasteiger partial charge is 0.367 e. The summed E-state index contributed by atoms with van der Waals surface area (Å²) in [6, 6.07) is 4.06. The van der Waals surface area contributed by atoms with Gasteiger partial charge in [-0.05, 0) is 56.8 Å². The summed E-state index contributed by atoms with van der Waals surface area (Å²) in [5.74, 6) is 2.18. The second-order valence-electron chi connectivity index (χ2n) is 7.04. The van der Waals surface area contributed by atoms with Crippen LogP contribution < -0.4 is 15.5 Å². The molecular formula is C19H26N6. The fraction of sp³-hybridized carbons (Fsp3) is 0.526. The van der Waals surface area contributed by atoms with Crippen LogP contribution in [0, 0.1) is 6.92 Å². The topological polar surface area (TPSA) is 66.0 Å². The van der Waals surface area contributed by atoms with Crippen molar-refractivity contribution in [3.63, 3.8) is 0 Å². The third kappa shape index (κ3) is 3.58. The van der Waals surface area contributed by atoms with Gasteiger partial charge >= 0.3 is 0 Å². The van der Waals surface area contributed by atoms with Gasteiger partial charge in [-0.15, -0.1) is 0 Å². The number of hydrogen-bond acceptors (Lipinski definition) is 6. The maximum atomic E-state index is 4.71. The number of piperidine rings is 1. The average Bonchev–Trinajstić information content (AvgIpc) is 3.17. The monoisotopic (exact) mass is 338 g/mol. The summed E-state index contributed by atoms with van der Waals surface area (Å²) in [7, 11) is 0. The predicted molar refractivity (Wildman–Crippen MR) is 101 cm³/mol. The molecule has 4 rings (SSSR count). The van der Waals surface area contributed by atoms with Crippen molar-refractivity contribution in [1.82, 2.24) is 20.3 Å². The Hall–Kier alpha value is -2.21. The van der Waals surface area contributed by atoms with Crippen LogP contribution in [0.4, 0.5) is 17.3 Å². The predicted octanol–water partition coefficient (Wildman–Crippen LogP) is 2.99. The third-order valence-corrected chi connectivity index (χ3v) is 5.12. The number of nitrogens with one attached hydrogen (secondary N) is 2. The van der Waals surface area contributed by atoms with Gasteiger partial charge in [0.05, 0.1) is 5.69 Å². The smallest absolute Gasteiger partial charge is 0.158 e. The maximum Gasteiger partial charge on any atom is 0.158 e. The molecule has 2 N–H and O–H groups in total. The summed E-state index contributed by atoms with van der Waals surface area (Å²) in [6.07, 6.45) is 8.39. The van der Waals surface area contributed by atoms with Gasteiger partial charge in [0.15, 0.2) is 5.82 Å². The molecule has 0 bridgehead atoms. The molecule has 132 valence electrons. The van der Waals surface area contributed by atoms with E-state index in [2.05, 4.69) is 38.5 Å². The maximum absolute atomic E-state index is 4.71. The van der Waals surface area contributed by atoms with E-state index < -0.39 is 0 Å². The number of rotatable bonds is 4. The van der Waals surface area contributed by atoms with E-state index in [1.165, 1.54) is 42.6 Å². The van der Waals surface area contributed by atoms with Crippen molar-refractivity contribution in [3.05, 3.63) is 35.9 Å². The van der Waals surface area contributed by atoms with Crippen molar-refractivity contribution in [3.8, 4) is 0 Å². The van der Waals surface area contributed by atoms with E-state index in [1.807, 2.05) is 12.3 Å². The quantitative estimate of drug-likeness (QED) is 0.893. The fourth-order valence-corrected chi connectivity index (χ4v) is 3.85. The van der Waals surface area contributed by atoms with Gasteiger partial charge < -0.3 is 15.5 Å². The Kier molecular flexibility index (Phi) is 4.78. The normalized spacial score (nSPS) is 20.7. The molecule has 2 aromatic rings. The minimum Gasteiger partial charge on any atom is -0.367 e. The molecule has 2 aliphatic rings. The molecule has 6 heteroatoms. The highest BCUT2D eigenvalue weighted by molar-refractivity contribution is 5.73. The molecule has 0 radical (unpaired) electrons. The molecule has 6 nitrogen and oxygen atoms in total. The van der Waals surface area contributed by atoms with Gasteiger partial charge in [-0.2, -0.15) is 0 Å². The number of hydrogen-bond donors (Lipinski definition) is 2. The minimum atomic E-state index is 0.457. The Labute approximate surface area is 149 Å². The minimum absolute atomic E-state index is 0.457. The summed E-state index contributed by atoms with van der Waals surface area (Å²) in [5.41, 5.74) is 3.54. The number of aromatic nitrogens is 3. The summed E-state index contributed by atoms with van der Waals surface area (Å²) in [4.78, 5) is 16.2. The van der Waals surface area contributed by atoms with Gasteiger partial charge in [0.25, 0.3) is 0 Å². The Bertz CT molecular complexity index is 720. The first-order valence-corrected chi connectivity index (χ1v) is 9.31. The fourth-order valence-electron chi connectivity index (χ4n) is 3.85. The second-order valence-corrected chi connectivity index (χ2v) is 7.04. The average molecular weight is 338 g/mol. The van der Waals surface area contributed by atoms with Crippen LogP contribution in [0.5, 0.6) is 0 Å². The van der Waals surface area contributed by atoms with E-state index in [1.54, 1.807) is 6.33 Å². The molecule has 4 heterocycles. The zero-order valence-corrected chi connectivity index (χ0v) is 14.8. The molecule has 0 saturated carbocycles. The third-order valence-electron chi connectivity index (χ3n) is 5.12. The zero-order chi connectivity index (χ0) is 17.1. The number of pyridine rings is 1. The van der Waals surface area contributed by atoms with Crippen LogP contribution >= 0.6 is 0 Å². The lowest BCUT2D eigenvalue weighted by Crippen LogP contribution is -2.31. The van der Waals surface area contributed by atoms with Crippen LogP contribution in [0.3, 0.4) is 0 Å². The number of aryl methyl sites for hydroxylation is 1. The lowest BCUT2D eigenvalue weighted by Gasteiger charge is -2.29. The Morgan fingerprint density at radius 1 is 1.16 bits per heavy atom. The molecule has 0 spiro atoms. The Balaban J connectivity index is 1.71. The first-order valence-electron chi connectivity index (χ1n) is 9.31. The van der Waals surface area contributed by atoms with Gasteiger partial charge in [0.2, 0.25) is 0 Å². The van der Waals surface area contributed by atoms with Gasteiger partial charge in [0, 0.05) is 31.7 Å². The van der Waals surface area contributed by atoms with Crippen LogP contribution in [-0.4, -0.2) is 41.1 Å². The highest BCUT2D eigenvalue weighted by Gasteiger charge is 2.27. The number of anilines is 3. The van der Waals surface area contributed by atoms with E-state index in [0.717, 1.165) is 37.8 Å². The van der Waals surface area contributed by atoms with Crippen LogP contribution in [-0.2, 0) is 0 Å². The molecule has 2 aromatic heterocycles. The molecule has 2 saturated heterocycles. The van der Waals surface area contributed by atoms with E-state index in [-0.39, 0.29) is 0 Å². The van der Waals surface area contributed by atoms with Gasteiger partial charge in [0.1, 0.15) is 17.8 Å². The van der Waals surface area contributed by atoms with Crippen molar-refractivity contribution < 1.29 is 0 Å². The van der Waals surface area contributed by atoms with Crippen molar-refractivity contribution in [2.24, 2.45) is 0 Å². The second kappa shape index (κ2) is 7.35. The Morgan fingerprint density at radius 3 is 2.80 bits per heavy atom. The first kappa shape index (κ1) is 16.3. The van der Waals surface area contributed by atoms with Crippen LogP contribution in [0.15, 0.2) is 24.7 Å². The highest BCUT2D eigenvalue weighted by Crippen LogP contribution is 2.37. The van der Waals surface area contributed by atoms with Crippen molar-refractivity contribution in [2.45, 2.75) is 38.5 Å². The molecule has 1 unspecified atom stereocenters. The molecule has 0 aromatic carbocycles. The Morgan fingerprint density at radius 2 is 2.04 bits per heavy atom. The SMILES string of the molecule is Cc1ccnc(Nc2ncnc(C3CCCNC3)c2N2CCCC2)c1. The van der Waals surface area contributed by atoms with Crippen LogP contribution in [0.1, 0.15) is 42.9 Å². The molecule has 0 aliphatic carbocycles. The number of nitrogens with zero attached hydrogens (tertiary/aromatic N) is 4. The zero-order valence-electron chi connectivity index (χ0n) is 14.8. The molecule has 2 fully saturated rings. The standard InChI is InChI=1S/C19H26N6/c1-14-6-8-21-16(11-14)24-19-18(25-9-2-3-10-25)17(22-13-23-19)15-5-4-7-20-12-15/h6,8,11,13,15,20H,2-5,7,9-10,12H2,1H3,(H,21,22,23,24). The molecular weight excluding hydrogens is 312 g/mol. The van der Waals surface area contributed by atoms with Crippen molar-refractivity contribution in [1.29, 1.82) is 0 Å². The first-order chi connectivity index (χ1) is 12.3. The van der Waals surface area contributed by atoms with Crippen LogP contribution in [0.2, 0.25) is 0 Å². The highest BCUT2D eigenvalue weighted by atomic mass is 15.2. The molecule has 1 atom stereocenters. The van der Waals surface area contributed by atoms with Gasteiger partial charge in [-0.3, -0.25) is 0 Å². The van der Waals surface area contributed by atoms with E-state index >= 15 is 0 Å². The summed E-state index contributed by atoms with van der Waals surface area (Å²) in [6.45, 7) is 6.35. The van der Waals surface area contributed by atoms with Crippen molar-refractivity contribution in [2.75, 3.05) is 36.4 Å². The van der Waals surface area contributed by atoms with E-state index in [4.69, 9.17) is 4.98 Å². The van der Waals surface area contributed by atoms with Gasteiger partial charge in [-0.1, -0.05) is 0 Å².